The minimum atomic E-state index is -0.532. The number of amides is 1. The summed E-state index contributed by atoms with van der Waals surface area (Å²) in [4.78, 5) is 26.0. The lowest BCUT2D eigenvalue weighted by atomic mass is 10.1. The molecule has 0 atom stereocenters. The Morgan fingerprint density at radius 3 is 2.74 bits per heavy atom. The molecule has 2 aromatic carbocycles. The summed E-state index contributed by atoms with van der Waals surface area (Å²) in [6.45, 7) is 0.962. The minimum absolute atomic E-state index is 0.285. The predicted octanol–water partition coefficient (Wildman–Crippen LogP) is 2.14. The Labute approximate surface area is 129 Å². The number of carbonyl (C=O) groups is 1. The highest BCUT2D eigenvalue weighted by atomic mass is 16.6. The van der Waals surface area contributed by atoms with Crippen LogP contribution in [0, 0.1) is 0 Å². The number of nitrogens with one attached hydrogen (secondary N) is 2. The van der Waals surface area contributed by atoms with Crippen LogP contribution in [0.3, 0.4) is 0 Å². The van der Waals surface area contributed by atoms with Gasteiger partial charge in [-0.05, 0) is 36.4 Å². The summed E-state index contributed by atoms with van der Waals surface area (Å²) in [7, 11) is 0. The molecule has 1 aliphatic heterocycles. The first-order chi connectivity index (χ1) is 11.2. The Kier molecular flexibility index (Phi) is 3.04. The van der Waals surface area contributed by atoms with Crippen LogP contribution in [0.15, 0.2) is 45.6 Å². The average Bonchev–Trinajstić information content (AvgIpc) is 2.93. The molecule has 0 saturated carbocycles. The summed E-state index contributed by atoms with van der Waals surface area (Å²) >= 11 is 0. The lowest BCUT2D eigenvalue weighted by Gasteiger charge is -2.18. The van der Waals surface area contributed by atoms with Gasteiger partial charge in [-0.25, -0.2) is 4.79 Å². The highest BCUT2D eigenvalue weighted by molar-refractivity contribution is 6.05. The summed E-state index contributed by atoms with van der Waals surface area (Å²) in [6.07, 6.45) is 0. The molecule has 7 heteroatoms. The summed E-state index contributed by atoms with van der Waals surface area (Å²) in [5.74, 6) is 0.367. The second-order valence-electron chi connectivity index (χ2n) is 5.04. The van der Waals surface area contributed by atoms with Crippen LogP contribution in [0.1, 0.15) is 10.4 Å². The van der Waals surface area contributed by atoms with E-state index in [1.54, 1.807) is 36.4 Å². The summed E-state index contributed by atoms with van der Waals surface area (Å²) in [5, 5.41) is 2.77. The number of anilines is 1. The van der Waals surface area contributed by atoms with Crippen LogP contribution in [0.4, 0.5) is 5.69 Å². The first-order valence-corrected chi connectivity index (χ1v) is 7.03. The van der Waals surface area contributed by atoms with Crippen LogP contribution in [-0.2, 0) is 0 Å². The quantitative estimate of drug-likeness (QED) is 0.756. The molecule has 2 heterocycles. The topological polar surface area (TPSA) is 93.6 Å². The number of hydrogen-bond donors (Lipinski definition) is 2. The van der Waals surface area contributed by atoms with Crippen molar-refractivity contribution in [1.82, 2.24) is 4.98 Å². The molecule has 116 valence electrons. The molecule has 1 aliphatic rings. The highest BCUT2D eigenvalue weighted by Crippen LogP contribution is 2.31. The van der Waals surface area contributed by atoms with Crippen molar-refractivity contribution in [3.8, 4) is 11.5 Å². The smallest absolute Gasteiger partial charge is 0.417 e. The second-order valence-corrected chi connectivity index (χ2v) is 5.04. The first kappa shape index (κ1) is 13.4. The predicted molar refractivity (Wildman–Crippen MR) is 82.2 cm³/mol. The molecule has 0 bridgehead atoms. The van der Waals surface area contributed by atoms with Crippen LogP contribution in [0.25, 0.3) is 11.1 Å². The third-order valence-corrected chi connectivity index (χ3v) is 3.48. The fraction of sp³-hybridized carbons (Fsp3) is 0.125. The van der Waals surface area contributed by atoms with E-state index in [-0.39, 0.29) is 5.91 Å². The molecule has 1 amide bonds. The standard InChI is InChI=1S/C16H12N2O5/c19-15(9-1-3-13-14(7-9)22-6-5-21-13)17-10-2-4-12-11(8-10)18-16(20)23-12/h1-4,7-8H,5-6H2,(H,17,19)(H,18,20). The molecule has 0 fully saturated rings. The van der Waals surface area contributed by atoms with Crippen LogP contribution < -0.4 is 20.5 Å². The maximum Gasteiger partial charge on any atom is 0.417 e. The SMILES string of the molecule is O=C(Nc1ccc2oc(=O)[nH]c2c1)c1ccc2c(c1)OCCO2. The average molecular weight is 312 g/mol. The van der Waals surface area contributed by atoms with Crippen LogP contribution in [0.5, 0.6) is 11.5 Å². The Morgan fingerprint density at radius 2 is 1.87 bits per heavy atom. The molecule has 7 nitrogen and oxygen atoms in total. The zero-order valence-corrected chi connectivity index (χ0v) is 11.9. The van der Waals surface area contributed by atoms with Crippen molar-refractivity contribution in [2.45, 2.75) is 0 Å². The molecule has 23 heavy (non-hydrogen) atoms. The Hall–Kier alpha value is -3.22. The Balaban J connectivity index is 1.59. The molecule has 0 saturated heterocycles. The van der Waals surface area contributed by atoms with Gasteiger partial charge in [0.15, 0.2) is 17.1 Å². The van der Waals surface area contributed by atoms with Gasteiger partial charge in [0.25, 0.3) is 5.91 Å². The van der Waals surface area contributed by atoms with E-state index in [9.17, 15) is 9.59 Å². The van der Waals surface area contributed by atoms with Crippen molar-refractivity contribution < 1.29 is 18.7 Å². The van der Waals surface area contributed by atoms with Gasteiger partial charge in [-0.1, -0.05) is 0 Å². The molecular weight excluding hydrogens is 300 g/mol. The van der Waals surface area contributed by atoms with Gasteiger partial charge in [0, 0.05) is 11.3 Å². The molecule has 0 spiro atoms. The first-order valence-electron chi connectivity index (χ1n) is 7.03. The summed E-state index contributed by atoms with van der Waals surface area (Å²) in [6, 6.07) is 9.93. The van der Waals surface area contributed by atoms with Gasteiger partial charge in [-0.2, -0.15) is 0 Å². The number of rotatable bonds is 2. The number of H-pyrrole nitrogens is 1. The van der Waals surface area contributed by atoms with Crippen LogP contribution in [0.2, 0.25) is 0 Å². The number of hydrogen-bond acceptors (Lipinski definition) is 5. The fourth-order valence-electron chi connectivity index (χ4n) is 2.42. The maximum absolute atomic E-state index is 12.3. The normalized spacial score (nSPS) is 13.0. The van der Waals surface area contributed by atoms with E-state index in [4.69, 9.17) is 13.9 Å². The Morgan fingerprint density at radius 1 is 1.04 bits per heavy atom. The van der Waals surface area contributed by atoms with Crippen molar-refractivity contribution in [1.29, 1.82) is 0 Å². The summed E-state index contributed by atoms with van der Waals surface area (Å²) < 4.78 is 15.8. The van der Waals surface area contributed by atoms with Crippen molar-refractivity contribution in [2.24, 2.45) is 0 Å². The number of oxazole rings is 1. The number of aromatic amines is 1. The van der Waals surface area contributed by atoms with Crippen molar-refractivity contribution in [2.75, 3.05) is 18.5 Å². The highest BCUT2D eigenvalue weighted by Gasteiger charge is 2.15. The number of carbonyl (C=O) groups excluding carboxylic acids is 1. The van der Waals surface area contributed by atoms with Gasteiger partial charge in [-0.15, -0.1) is 0 Å². The van der Waals surface area contributed by atoms with Crippen LogP contribution in [-0.4, -0.2) is 24.1 Å². The van der Waals surface area contributed by atoms with Gasteiger partial charge in [0.05, 0.1) is 5.52 Å². The fourth-order valence-corrected chi connectivity index (χ4v) is 2.42. The molecule has 2 N–H and O–H groups in total. The molecule has 0 aliphatic carbocycles. The third-order valence-electron chi connectivity index (χ3n) is 3.48. The third kappa shape index (κ3) is 2.52. The van der Waals surface area contributed by atoms with E-state index in [1.807, 2.05) is 0 Å². The molecule has 0 radical (unpaired) electrons. The molecular formula is C16H12N2O5. The van der Waals surface area contributed by atoms with Crippen molar-refractivity contribution in [3.05, 3.63) is 52.5 Å². The monoisotopic (exact) mass is 312 g/mol. The van der Waals surface area contributed by atoms with E-state index in [0.29, 0.717) is 47.1 Å². The molecule has 4 rings (SSSR count). The van der Waals surface area contributed by atoms with Crippen LogP contribution >= 0.6 is 0 Å². The maximum atomic E-state index is 12.3. The van der Waals surface area contributed by atoms with Gasteiger partial charge in [0.2, 0.25) is 0 Å². The van der Waals surface area contributed by atoms with Gasteiger partial charge < -0.3 is 19.2 Å². The van der Waals surface area contributed by atoms with E-state index >= 15 is 0 Å². The number of ether oxygens (including phenoxy) is 2. The lowest BCUT2D eigenvalue weighted by molar-refractivity contribution is 0.102. The largest absolute Gasteiger partial charge is 0.486 e. The minimum Gasteiger partial charge on any atom is -0.486 e. The number of aromatic nitrogens is 1. The van der Waals surface area contributed by atoms with E-state index in [1.165, 1.54) is 0 Å². The lowest BCUT2D eigenvalue weighted by Crippen LogP contribution is -2.17. The van der Waals surface area contributed by atoms with Crippen molar-refractivity contribution >= 4 is 22.7 Å². The molecule has 0 unspecified atom stereocenters. The van der Waals surface area contributed by atoms with E-state index in [0.717, 1.165) is 0 Å². The zero-order valence-electron chi connectivity index (χ0n) is 11.9. The number of benzene rings is 2. The Bertz CT molecular complexity index is 957. The summed E-state index contributed by atoms with van der Waals surface area (Å²) in [5.41, 5.74) is 1.96. The van der Waals surface area contributed by atoms with Gasteiger partial charge in [-0.3, -0.25) is 9.78 Å². The van der Waals surface area contributed by atoms with E-state index < -0.39 is 5.76 Å². The van der Waals surface area contributed by atoms with Gasteiger partial charge >= 0.3 is 5.76 Å². The van der Waals surface area contributed by atoms with Crippen molar-refractivity contribution in [3.63, 3.8) is 0 Å². The molecule has 3 aromatic rings. The molecule has 1 aromatic heterocycles. The van der Waals surface area contributed by atoms with E-state index in [2.05, 4.69) is 10.3 Å². The second kappa shape index (κ2) is 5.20. The van der Waals surface area contributed by atoms with Gasteiger partial charge in [0.1, 0.15) is 13.2 Å². The number of fused-ring (bicyclic) bond motifs is 2. The zero-order chi connectivity index (χ0) is 15.8.